The van der Waals surface area contributed by atoms with E-state index in [2.05, 4.69) is 20.4 Å². The molecular weight excluding hydrogens is 585 g/mol. The number of fused-ring (bicyclic) bond motifs is 1. The van der Waals surface area contributed by atoms with Crippen molar-refractivity contribution in [3.63, 3.8) is 0 Å². The molecular formula is C31H30FN7O6. The number of nitrogens with zero attached hydrogens (tertiary/aromatic N) is 4. The largest absolute Gasteiger partial charge is 0.493 e. The lowest BCUT2D eigenvalue weighted by Gasteiger charge is -2.25. The molecule has 0 aliphatic carbocycles. The summed E-state index contributed by atoms with van der Waals surface area (Å²) >= 11 is 0. The lowest BCUT2D eigenvalue weighted by Crippen LogP contribution is -2.21. The predicted octanol–water partition coefficient (Wildman–Crippen LogP) is 3.68. The Morgan fingerprint density at radius 2 is 1.87 bits per heavy atom. The average molecular weight is 616 g/mol. The van der Waals surface area contributed by atoms with Crippen molar-refractivity contribution in [3.8, 4) is 23.1 Å². The third-order valence-corrected chi connectivity index (χ3v) is 7.09. The molecule has 3 aromatic carbocycles. The third kappa shape index (κ3) is 5.77. The van der Waals surface area contributed by atoms with E-state index in [1.165, 1.54) is 19.5 Å². The van der Waals surface area contributed by atoms with Gasteiger partial charge in [0.2, 0.25) is 11.5 Å². The summed E-state index contributed by atoms with van der Waals surface area (Å²) in [6, 6.07) is 16.6. The molecule has 14 heteroatoms. The SMILES string of the molecule is CCOC(=O)c1c(-n2nc(C(Nc3ccc(N)cc3)c3cc(OC)c4c(c3F)OCCO4)[nH]c2=O)ncn1Cc1ccccc1. The molecule has 1 aliphatic heterocycles. The fraction of sp³-hybridized carbons (Fsp3) is 0.226. The van der Waals surface area contributed by atoms with Crippen LogP contribution in [-0.2, 0) is 11.3 Å². The Hall–Kier alpha value is -5.79. The Balaban J connectivity index is 1.47. The van der Waals surface area contributed by atoms with Crippen LogP contribution in [0.25, 0.3) is 5.82 Å². The van der Waals surface area contributed by atoms with Crippen molar-refractivity contribution >= 4 is 17.3 Å². The number of ether oxygens (including phenoxy) is 4. The van der Waals surface area contributed by atoms with E-state index in [-0.39, 0.29) is 66.5 Å². The van der Waals surface area contributed by atoms with Crippen LogP contribution in [0.15, 0.2) is 71.8 Å². The van der Waals surface area contributed by atoms with Gasteiger partial charge in [-0.2, -0.15) is 4.68 Å². The molecule has 6 rings (SSSR count). The summed E-state index contributed by atoms with van der Waals surface area (Å²) in [4.78, 5) is 33.7. The second-order valence-electron chi connectivity index (χ2n) is 10.0. The highest BCUT2D eigenvalue weighted by Crippen LogP contribution is 2.45. The number of carbonyl (C=O) groups excluding carboxylic acids is 1. The lowest BCUT2D eigenvalue weighted by atomic mass is 10.0. The number of hydrogen-bond donors (Lipinski definition) is 3. The van der Waals surface area contributed by atoms with Gasteiger partial charge in [0.05, 0.1) is 20.0 Å². The zero-order valence-corrected chi connectivity index (χ0v) is 24.5. The molecule has 0 amide bonds. The van der Waals surface area contributed by atoms with E-state index in [9.17, 15) is 9.59 Å². The minimum atomic E-state index is -1.08. The Bertz CT molecular complexity index is 1890. The summed E-state index contributed by atoms with van der Waals surface area (Å²) in [5.41, 5.74) is 7.21. The fourth-order valence-electron chi connectivity index (χ4n) is 5.02. The average Bonchev–Trinajstić information content (AvgIpc) is 3.64. The molecule has 4 N–H and O–H groups in total. The zero-order valence-electron chi connectivity index (χ0n) is 24.5. The number of imidazole rings is 1. The maximum Gasteiger partial charge on any atom is 0.358 e. The first-order chi connectivity index (χ1) is 21.9. The van der Waals surface area contributed by atoms with Crippen LogP contribution in [-0.4, -0.2) is 57.2 Å². The van der Waals surface area contributed by atoms with E-state index < -0.39 is 23.5 Å². The zero-order chi connectivity index (χ0) is 31.5. The van der Waals surface area contributed by atoms with Crippen molar-refractivity contribution < 1.29 is 28.1 Å². The van der Waals surface area contributed by atoms with Crippen LogP contribution < -0.4 is 31.0 Å². The number of benzene rings is 3. The van der Waals surface area contributed by atoms with Crippen LogP contribution in [0.5, 0.6) is 17.2 Å². The van der Waals surface area contributed by atoms with E-state index in [1.54, 1.807) is 35.8 Å². The van der Waals surface area contributed by atoms with Gasteiger partial charge in [-0.05, 0) is 42.8 Å². The van der Waals surface area contributed by atoms with E-state index >= 15 is 4.39 Å². The summed E-state index contributed by atoms with van der Waals surface area (Å²) in [5, 5.41) is 7.72. The first-order valence-corrected chi connectivity index (χ1v) is 14.1. The maximum absolute atomic E-state index is 16.1. The number of anilines is 2. The van der Waals surface area contributed by atoms with Crippen LogP contribution in [0.3, 0.4) is 0 Å². The number of nitrogens with two attached hydrogens (primary N) is 1. The van der Waals surface area contributed by atoms with Crippen molar-refractivity contribution in [2.24, 2.45) is 0 Å². The maximum atomic E-state index is 16.1. The van der Waals surface area contributed by atoms with E-state index in [1.807, 2.05) is 30.3 Å². The van der Waals surface area contributed by atoms with Crippen molar-refractivity contribution in [2.75, 3.05) is 38.0 Å². The minimum Gasteiger partial charge on any atom is -0.493 e. The van der Waals surface area contributed by atoms with E-state index in [4.69, 9.17) is 24.7 Å². The summed E-state index contributed by atoms with van der Waals surface area (Å²) in [6.45, 7) is 2.44. The number of esters is 1. The van der Waals surface area contributed by atoms with Crippen LogP contribution in [0.1, 0.15) is 40.4 Å². The lowest BCUT2D eigenvalue weighted by molar-refractivity contribution is 0.0514. The fourth-order valence-corrected chi connectivity index (χ4v) is 5.02. The molecule has 0 spiro atoms. The topological polar surface area (TPSA) is 161 Å². The number of aromatic amines is 1. The molecule has 2 aromatic heterocycles. The highest BCUT2D eigenvalue weighted by atomic mass is 19.1. The quantitative estimate of drug-likeness (QED) is 0.156. The molecule has 1 atom stereocenters. The van der Waals surface area contributed by atoms with Gasteiger partial charge in [0.25, 0.3) is 0 Å². The number of nitrogen functional groups attached to an aromatic ring is 1. The van der Waals surface area contributed by atoms with Gasteiger partial charge in [-0.15, -0.1) is 5.10 Å². The molecule has 0 fully saturated rings. The van der Waals surface area contributed by atoms with Gasteiger partial charge in [-0.3, -0.25) is 4.98 Å². The molecule has 0 radical (unpaired) electrons. The van der Waals surface area contributed by atoms with E-state index in [0.29, 0.717) is 11.4 Å². The van der Waals surface area contributed by atoms with Crippen molar-refractivity contribution in [1.29, 1.82) is 0 Å². The normalized spacial score (nSPS) is 12.9. The Morgan fingerprint density at radius 3 is 2.58 bits per heavy atom. The van der Waals surface area contributed by atoms with Crippen LogP contribution in [0, 0.1) is 5.82 Å². The number of carbonyl (C=O) groups is 1. The summed E-state index contributed by atoms with van der Waals surface area (Å²) < 4.78 is 40.7. The van der Waals surface area contributed by atoms with Crippen LogP contribution in [0.2, 0.25) is 0 Å². The summed E-state index contributed by atoms with van der Waals surface area (Å²) in [6.07, 6.45) is 1.44. The summed E-state index contributed by atoms with van der Waals surface area (Å²) in [7, 11) is 1.43. The van der Waals surface area contributed by atoms with Gasteiger partial charge in [-0.1, -0.05) is 30.3 Å². The van der Waals surface area contributed by atoms with Gasteiger partial charge in [0, 0.05) is 23.5 Å². The molecule has 1 unspecified atom stereocenters. The van der Waals surface area contributed by atoms with Crippen molar-refractivity contribution in [1.82, 2.24) is 24.3 Å². The first-order valence-electron chi connectivity index (χ1n) is 14.1. The van der Waals surface area contributed by atoms with Gasteiger partial charge in [0.15, 0.2) is 28.9 Å². The monoisotopic (exact) mass is 615 g/mol. The highest BCUT2D eigenvalue weighted by molar-refractivity contribution is 5.91. The second-order valence-corrected chi connectivity index (χ2v) is 10.0. The number of H-pyrrole nitrogens is 1. The molecule has 1 aliphatic rings. The number of halogens is 1. The molecule has 0 bridgehead atoms. The standard InChI is InChI=1S/C31H30FN7O6/c1-3-43-30(40)25-29(34-17-38(25)16-18-7-5-4-6-8-18)39-31(41)36-28(37-39)24(35-20-11-9-19(33)10-12-20)21-15-22(42-2)26-27(23(21)32)45-14-13-44-26/h4-12,15,17,24,35H,3,13-14,16,33H2,1-2H3,(H,36,37,41). The van der Waals surface area contributed by atoms with Crippen LogP contribution in [0.4, 0.5) is 15.8 Å². The van der Waals surface area contributed by atoms with Crippen LogP contribution >= 0.6 is 0 Å². The van der Waals surface area contributed by atoms with Gasteiger partial charge < -0.3 is 34.6 Å². The molecule has 5 aromatic rings. The van der Waals surface area contributed by atoms with Gasteiger partial charge in [-0.25, -0.2) is 19.0 Å². The molecule has 3 heterocycles. The number of methoxy groups -OCH3 is 1. The van der Waals surface area contributed by atoms with Gasteiger partial charge >= 0.3 is 11.7 Å². The second kappa shape index (κ2) is 12.4. The first kappa shape index (κ1) is 29.3. The molecule has 13 nitrogen and oxygen atoms in total. The Labute approximate surface area is 256 Å². The Morgan fingerprint density at radius 1 is 1.13 bits per heavy atom. The van der Waals surface area contributed by atoms with Crippen molar-refractivity contribution in [3.05, 3.63) is 106 Å². The van der Waals surface area contributed by atoms with E-state index in [0.717, 1.165) is 10.2 Å². The highest BCUT2D eigenvalue weighted by Gasteiger charge is 2.32. The van der Waals surface area contributed by atoms with Gasteiger partial charge in [0.1, 0.15) is 19.3 Å². The molecule has 0 saturated carbocycles. The molecule has 0 saturated heterocycles. The summed E-state index contributed by atoms with van der Waals surface area (Å²) in [5.74, 6) is -1.20. The number of rotatable bonds is 10. The molecule has 45 heavy (non-hydrogen) atoms. The third-order valence-electron chi connectivity index (χ3n) is 7.09. The number of nitrogens with one attached hydrogen (secondary N) is 2. The molecule has 232 valence electrons. The predicted molar refractivity (Wildman–Crippen MR) is 162 cm³/mol. The number of aromatic nitrogens is 5. The number of hydrogen-bond acceptors (Lipinski definition) is 10. The minimum absolute atomic E-state index is 0.0156. The smallest absolute Gasteiger partial charge is 0.358 e. The van der Waals surface area contributed by atoms with Crippen molar-refractivity contribution in [2.45, 2.75) is 19.5 Å². The Kier molecular flexibility index (Phi) is 8.10.